The van der Waals surface area contributed by atoms with Crippen molar-refractivity contribution in [1.29, 1.82) is 0 Å². The molecule has 1 aliphatic heterocycles. The lowest BCUT2D eigenvalue weighted by Gasteiger charge is -2.34. The van der Waals surface area contributed by atoms with E-state index in [1.54, 1.807) is 14.2 Å². The van der Waals surface area contributed by atoms with Crippen molar-refractivity contribution in [2.75, 3.05) is 47.1 Å². The van der Waals surface area contributed by atoms with Crippen molar-refractivity contribution in [3.63, 3.8) is 0 Å². The third-order valence-electron chi connectivity index (χ3n) is 3.60. The van der Waals surface area contributed by atoms with Crippen LogP contribution in [0.2, 0.25) is 0 Å². The largest absolute Gasteiger partial charge is 0.496 e. The average molecular weight is 347 g/mol. The summed E-state index contributed by atoms with van der Waals surface area (Å²) >= 11 is 3.43. The smallest absolute Gasteiger partial charge is 0.133 e. The highest BCUT2D eigenvalue weighted by atomic mass is 79.9. The fourth-order valence-electron chi connectivity index (χ4n) is 2.52. The maximum atomic E-state index is 13.6. The Morgan fingerprint density at radius 3 is 2.45 bits per heavy atom. The number of alkyl halides is 1. The second-order valence-corrected chi connectivity index (χ2v) is 5.54. The van der Waals surface area contributed by atoms with E-state index >= 15 is 0 Å². The number of nitrogens with zero attached hydrogens (tertiary/aromatic N) is 1. The second kappa shape index (κ2) is 7.24. The minimum atomic E-state index is -0.443. The van der Waals surface area contributed by atoms with Crippen LogP contribution in [0.15, 0.2) is 16.6 Å². The highest BCUT2D eigenvalue weighted by Gasteiger charge is 2.26. The third kappa shape index (κ3) is 3.24. The van der Waals surface area contributed by atoms with E-state index in [4.69, 9.17) is 9.47 Å². The van der Waals surface area contributed by atoms with E-state index in [1.165, 1.54) is 0 Å². The van der Waals surface area contributed by atoms with Crippen LogP contribution >= 0.6 is 15.9 Å². The van der Waals surface area contributed by atoms with Crippen molar-refractivity contribution in [1.82, 2.24) is 10.2 Å². The summed E-state index contributed by atoms with van der Waals surface area (Å²) in [5.74, 6) is 1.37. The summed E-state index contributed by atoms with van der Waals surface area (Å²) in [6.45, 7) is 2.98. The van der Waals surface area contributed by atoms with Crippen LogP contribution in [0.1, 0.15) is 11.6 Å². The van der Waals surface area contributed by atoms with Crippen molar-refractivity contribution >= 4 is 15.9 Å². The fourth-order valence-corrected chi connectivity index (χ4v) is 3.00. The second-order valence-electron chi connectivity index (χ2n) is 4.68. The van der Waals surface area contributed by atoms with Crippen molar-refractivity contribution in [3.05, 3.63) is 22.2 Å². The zero-order chi connectivity index (χ0) is 14.5. The van der Waals surface area contributed by atoms with E-state index < -0.39 is 6.67 Å². The first-order valence-corrected chi connectivity index (χ1v) is 7.42. The highest BCUT2D eigenvalue weighted by molar-refractivity contribution is 9.10. The monoisotopic (exact) mass is 346 g/mol. The molecule has 1 aromatic rings. The Bertz CT molecular complexity index is 453. The number of ether oxygens (including phenoxy) is 2. The maximum Gasteiger partial charge on any atom is 0.133 e. The fraction of sp³-hybridized carbons (Fsp3) is 0.571. The Kier molecular flexibility index (Phi) is 5.63. The van der Waals surface area contributed by atoms with E-state index in [0.29, 0.717) is 11.5 Å². The van der Waals surface area contributed by atoms with Gasteiger partial charge in [0.1, 0.15) is 18.2 Å². The van der Waals surface area contributed by atoms with Gasteiger partial charge in [0.2, 0.25) is 0 Å². The van der Waals surface area contributed by atoms with Gasteiger partial charge < -0.3 is 14.8 Å². The van der Waals surface area contributed by atoms with Crippen LogP contribution < -0.4 is 14.8 Å². The van der Waals surface area contributed by atoms with E-state index in [0.717, 1.165) is 36.2 Å². The summed E-state index contributed by atoms with van der Waals surface area (Å²) in [4.78, 5) is 2.14. The van der Waals surface area contributed by atoms with Gasteiger partial charge in [-0.2, -0.15) is 0 Å². The molecule has 2 rings (SSSR count). The van der Waals surface area contributed by atoms with Crippen LogP contribution in [0.3, 0.4) is 0 Å². The molecule has 1 aromatic carbocycles. The molecule has 0 amide bonds. The van der Waals surface area contributed by atoms with Gasteiger partial charge in [-0.15, -0.1) is 0 Å². The summed E-state index contributed by atoms with van der Waals surface area (Å²) < 4.78 is 25.1. The van der Waals surface area contributed by atoms with Gasteiger partial charge in [0.25, 0.3) is 0 Å². The predicted octanol–water partition coefficient (Wildman–Crippen LogP) is 2.38. The molecule has 0 spiro atoms. The van der Waals surface area contributed by atoms with Crippen LogP contribution in [0, 0.1) is 0 Å². The topological polar surface area (TPSA) is 33.7 Å². The summed E-state index contributed by atoms with van der Waals surface area (Å²) in [5, 5.41) is 3.28. The first-order valence-electron chi connectivity index (χ1n) is 6.63. The molecule has 0 saturated carbocycles. The number of hydrogen-bond donors (Lipinski definition) is 1. The van der Waals surface area contributed by atoms with Gasteiger partial charge in [-0.25, -0.2) is 4.39 Å². The first-order chi connectivity index (χ1) is 9.71. The van der Waals surface area contributed by atoms with Crippen LogP contribution in [0.4, 0.5) is 4.39 Å². The summed E-state index contributed by atoms with van der Waals surface area (Å²) in [5.41, 5.74) is 0.831. The summed E-state index contributed by atoms with van der Waals surface area (Å²) in [6, 6.07) is 3.39. The molecular formula is C14H20BrFN2O2. The highest BCUT2D eigenvalue weighted by Crippen LogP contribution is 2.38. The number of piperazine rings is 1. The number of methoxy groups -OCH3 is 2. The molecule has 1 saturated heterocycles. The minimum Gasteiger partial charge on any atom is -0.496 e. The number of hydrogen-bond acceptors (Lipinski definition) is 4. The Labute approximate surface area is 127 Å². The van der Waals surface area contributed by atoms with Gasteiger partial charge in [0, 0.05) is 31.7 Å². The minimum absolute atomic E-state index is 0.297. The van der Waals surface area contributed by atoms with E-state index in [9.17, 15) is 4.39 Å². The van der Waals surface area contributed by atoms with Gasteiger partial charge in [-0.3, -0.25) is 4.90 Å². The molecular weight excluding hydrogens is 327 g/mol. The zero-order valence-corrected chi connectivity index (χ0v) is 13.4. The molecule has 0 unspecified atom stereocenters. The lowest BCUT2D eigenvalue weighted by atomic mass is 10.0. The molecule has 1 N–H and O–H groups in total. The molecule has 0 aromatic heterocycles. The van der Waals surface area contributed by atoms with E-state index in [-0.39, 0.29) is 6.04 Å². The SMILES string of the molecule is COc1cc([C@H](CF)N2CCNCC2)c(OC)cc1Br. The molecule has 112 valence electrons. The Morgan fingerprint density at radius 2 is 1.90 bits per heavy atom. The lowest BCUT2D eigenvalue weighted by molar-refractivity contribution is 0.145. The normalized spacial score (nSPS) is 17.8. The van der Waals surface area contributed by atoms with Gasteiger partial charge in [0.05, 0.1) is 24.7 Å². The average Bonchev–Trinajstić information content (AvgIpc) is 2.50. The number of rotatable bonds is 5. The lowest BCUT2D eigenvalue weighted by Crippen LogP contribution is -2.45. The molecule has 1 aliphatic rings. The molecule has 1 atom stereocenters. The number of benzene rings is 1. The standard InChI is InChI=1S/C14H20BrFN2O2/c1-19-13-8-11(15)14(20-2)7-10(13)12(9-16)18-5-3-17-4-6-18/h7-8,12,17H,3-6,9H2,1-2H3/t12-/m0/s1. The van der Waals surface area contributed by atoms with Gasteiger partial charge in [-0.1, -0.05) is 0 Å². The van der Waals surface area contributed by atoms with Crippen LogP contribution in [-0.4, -0.2) is 52.0 Å². The molecule has 4 nitrogen and oxygen atoms in total. The van der Waals surface area contributed by atoms with E-state index in [1.807, 2.05) is 12.1 Å². The Morgan fingerprint density at radius 1 is 1.25 bits per heavy atom. The molecule has 0 radical (unpaired) electrons. The van der Waals surface area contributed by atoms with Crippen molar-refractivity contribution in [3.8, 4) is 11.5 Å². The number of halogens is 2. The van der Waals surface area contributed by atoms with Crippen molar-refractivity contribution in [2.24, 2.45) is 0 Å². The first kappa shape index (κ1) is 15.5. The van der Waals surface area contributed by atoms with Gasteiger partial charge in [0.15, 0.2) is 0 Å². The maximum absolute atomic E-state index is 13.6. The molecule has 0 bridgehead atoms. The zero-order valence-electron chi connectivity index (χ0n) is 11.8. The van der Waals surface area contributed by atoms with Gasteiger partial charge >= 0.3 is 0 Å². The number of nitrogens with one attached hydrogen (secondary N) is 1. The summed E-state index contributed by atoms with van der Waals surface area (Å²) in [6.07, 6.45) is 0. The molecule has 0 aliphatic carbocycles. The summed E-state index contributed by atoms with van der Waals surface area (Å²) in [7, 11) is 3.20. The Balaban J connectivity index is 2.36. The van der Waals surface area contributed by atoms with Crippen molar-refractivity contribution in [2.45, 2.75) is 6.04 Å². The quantitative estimate of drug-likeness (QED) is 0.887. The van der Waals surface area contributed by atoms with Gasteiger partial charge in [-0.05, 0) is 28.1 Å². The molecule has 1 heterocycles. The predicted molar refractivity (Wildman–Crippen MR) is 80.4 cm³/mol. The molecule has 20 heavy (non-hydrogen) atoms. The third-order valence-corrected chi connectivity index (χ3v) is 4.22. The molecule has 1 fully saturated rings. The van der Waals surface area contributed by atoms with Crippen LogP contribution in [-0.2, 0) is 0 Å². The van der Waals surface area contributed by atoms with E-state index in [2.05, 4.69) is 26.1 Å². The van der Waals surface area contributed by atoms with Crippen molar-refractivity contribution < 1.29 is 13.9 Å². The Hall–Kier alpha value is -0.850. The molecule has 6 heteroatoms. The van der Waals surface area contributed by atoms with Crippen LogP contribution in [0.25, 0.3) is 0 Å². The van der Waals surface area contributed by atoms with Crippen LogP contribution in [0.5, 0.6) is 11.5 Å².